The first kappa shape index (κ1) is 17.9. The summed E-state index contributed by atoms with van der Waals surface area (Å²) in [7, 11) is 0. The summed E-state index contributed by atoms with van der Waals surface area (Å²) in [4.78, 5) is 4.72. The van der Waals surface area contributed by atoms with Crippen LogP contribution >= 0.6 is 12.2 Å². The predicted octanol–water partition coefficient (Wildman–Crippen LogP) is 3.63. The number of rotatable bonds is 4. The van der Waals surface area contributed by atoms with E-state index in [0.717, 1.165) is 26.2 Å². The molecule has 0 atom stereocenters. The molecule has 27 heavy (non-hydrogen) atoms. The van der Waals surface area contributed by atoms with E-state index in [1.807, 2.05) is 0 Å². The van der Waals surface area contributed by atoms with Crippen molar-refractivity contribution in [2.24, 2.45) is 0 Å². The zero-order chi connectivity index (χ0) is 18.8. The molecule has 5 nitrogen and oxygen atoms in total. The summed E-state index contributed by atoms with van der Waals surface area (Å²) in [5, 5.41) is 4.37. The SMILES string of the molecule is Cc1cccc(N2CCN(Cn3ncn(-c4ccccc4F)c3=S)CC2)c1. The van der Waals surface area contributed by atoms with Crippen LogP contribution in [0, 0.1) is 17.5 Å². The number of halogens is 1. The molecule has 2 aromatic carbocycles. The number of aromatic nitrogens is 3. The number of anilines is 1. The fourth-order valence-electron chi connectivity index (χ4n) is 3.41. The summed E-state index contributed by atoms with van der Waals surface area (Å²) in [6.45, 7) is 6.52. The Morgan fingerprint density at radius 1 is 1.04 bits per heavy atom. The minimum absolute atomic E-state index is 0.306. The number of hydrogen-bond acceptors (Lipinski definition) is 4. The molecule has 0 bridgehead atoms. The average Bonchev–Trinajstić information content (AvgIpc) is 3.03. The molecule has 0 spiro atoms. The van der Waals surface area contributed by atoms with Gasteiger partial charge in [-0.15, -0.1) is 0 Å². The molecule has 4 rings (SSSR count). The molecule has 1 fully saturated rings. The van der Waals surface area contributed by atoms with Crippen LogP contribution < -0.4 is 4.90 Å². The highest BCUT2D eigenvalue weighted by Gasteiger charge is 2.18. The van der Waals surface area contributed by atoms with E-state index >= 15 is 0 Å². The van der Waals surface area contributed by atoms with Crippen molar-refractivity contribution in [1.82, 2.24) is 19.2 Å². The standard InChI is InChI=1S/C20H22FN5S/c1-16-5-4-6-17(13-16)24-11-9-23(10-12-24)15-26-20(27)25(14-22-26)19-8-3-2-7-18(19)21/h2-8,13-14H,9-12,15H2,1H3. The van der Waals surface area contributed by atoms with Gasteiger partial charge in [0.05, 0.1) is 12.4 Å². The maximum absolute atomic E-state index is 14.0. The third-order valence-electron chi connectivity index (χ3n) is 4.92. The molecule has 3 aromatic rings. The van der Waals surface area contributed by atoms with Crippen LogP contribution in [-0.4, -0.2) is 45.4 Å². The van der Waals surface area contributed by atoms with E-state index < -0.39 is 0 Å². The Hall–Kier alpha value is -2.51. The van der Waals surface area contributed by atoms with Crippen molar-refractivity contribution in [3.05, 3.63) is 71.0 Å². The highest BCUT2D eigenvalue weighted by Crippen LogP contribution is 2.18. The Labute approximate surface area is 163 Å². The van der Waals surface area contributed by atoms with Gasteiger partial charge in [0.1, 0.15) is 12.1 Å². The molecular formula is C20H22FN5S. The zero-order valence-electron chi connectivity index (χ0n) is 15.3. The molecule has 140 valence electrons. The van der Waals surface area contributed by atoms with Crippen LogP contribution in [-0.2, 0) is 6.67 Å². The van der Waals surface area contributed by atoms with Crippen molar-refractivity contribution >= 4 is 17.9 Å². The van der Waals surface area contributed by atoms with Crippen LogP contribution in [0.1, 0.15) is 5.56 Å². The van der Waals surface area contributed by atoms with Gasteiger partial charge >= 0.3 is 0 Å². The predicted molar refractivity (Wildman–Crippen MR) is 107 cm³/mol. The van der Waals surface area contributed by atoms with Gasteiger partial charge in [0.25, 0.3) is 0 Å². The summed E-state index contributed by atoms with van der Waals surface area (Å²) in [5.41, 5.74) is 2.98. The molecular weight excluding hydrogens is 361 g/mol. The van der Waals surface area contributed by atoms with Gasteiger partial charge in [0, 0.05) is 31.9 Å². The monoisotopic (exact) mass is 383 g/mol. The van der Waals surface area contributed by atoms with Crippen LogP contribution in [0.5, 0.6) is 0 Å². The fourth-order valence-corrected chi connectivity index (χ4v) is 3.66. The van der Waals surface area contributed by atoms with Crippen LogP contribution in [0.15, 0.2) is 54.9 Å². The molecule has 1 aliphatic rings. The molecule has 1 aliphatic heterocycles. The maximum Gasteiger partial charge on any atom is 0.203 e. The lowest BCUT2D eigenvalue weighted by molar-refractivity contribution is 0.194. The smallest absolute Gasteiger partial charge is 0.203 e. The van der Waals surface area contributed by atoms with E-state index in [9.17, 15) is 4.39 Å². The van der Waals surface area contributed by atoms with Crippen LogP contribution in [0.4, 0.5) is 10.1 Å². The van der Waals surface area contributed by atoms with E-state index in [4.69, 9.17) is 12.2 Å². The van der Waals surface area contributed by atoms with Gasteiger partial charge in [-0.25, -0.2) is 9.07 Å². The molecule has 1 aromatic heterocycles. The fraction of sp³-hybridized carbons (Fsp3) is 0.300. The van der Waals surface area contributed by atoms with Crippen molar-refractivity contribution in [2.45, 2.75) is 13.6 Å². The quantitative estimate of drug-likeness (QED) is 0.644. The Kier molecular flexibility index (Phi) is 5.05. The van der Waals surface area contributed by atoms with Crippen molar-refractivity contribution in [1.29, 1.82) is 0 Å². The summed E-state index contributed by atoms with van der Waals surface area (Å²) in [6.07, 6.45) is 1.59. The summed E-state index contributed by atoms with van der Waals surface area (Å²) in [6, 6.07) is 15.2. The van der Waals surface area contributed by atoms with E-state index in [-0.39, 0.29) is 5.82 Å². The molecule has 0 N–H and O–H groups in total. The molecule has 7 heteroatoms. The number of piperazine rings is 1. The highest BCUT2D eigenvalue weighted by molar-refractivity contribution is 7.71. The molecule has 0 aliphatic carbocycles. The third-order valence-corrected chi connectivity index (χ3v) is 5.33. The van der Waals surface area contributed by atoms with E-state index in [2.05, 4.69) is 46.1 Å². The first-order valence-corrected chi connectivity index (χ1v) is 9.46. The summed E-state index contributed by atoms with van der Waals surface area (Å²) < 4.78 is 17.9. The summed E-state index contributed by atoms with van der Waals surface area (Å²) in [5.74, 6) is -0.306. The minimum Gasteiger partial charge on any atom is -0.369 e. The molecule has 0 saturated carbocycles. The molecule has 0 radical (unpaired) electrons. The van der Waals surface area contributed by atoms with E-state index in [1.165, 1.54) is 17.3 Å². The zero-order valence-corrected chi connectivity index (χ0v) is 16.1. The van der Waals surface area contributed by atoms with E-state index in [0.29, 0.717) is 17.1 Å². The molecule has 0 amide bonds. The second-order valence-corrected chi connectivity index (χ2v) is 7.19. The van der Waals surface area contributed by atoms with Gasteiger partial charge in [-0.2, -0.15) is 5.10 Å². The Morgan fingerprint density at radius 2 is 1.81 bits per heavy atom. The average molecular weight is 383 g/mol. The lowest BCUT2D eigenvalue weighted by atomic mass is 10.2. The van der Waals surface area contributed by atoms with E-state index in [1.54, 1.807) is 33.8 Å². The van der Waals surface area contributed by atoms with Crippen molar-refractivity contribution in [3.63, 3.8) is 0 Å². The Bertz CT molecular complexity index is 988. The van der Waals surface area contributed by atoms with Crippen LogP contribution in [0.25, 0.3) is 5.69 Å². The minimum atomic E-state index is -0.306. The second kappa shape index (κ2) is 7.62. The maximum atomic E-state index is 14.0. The molecule has 1 saturated heterocycles. The number of aryl methyl sites for hydroxylation is 1. The second-order valence-electron chi connectivity index (χ2n) is 6.82. The summed E-state index contributed by atoms with van der Waals surface area (Å²) >= 11 is 5.51. The first-order chi connectivity index (χ1) is 13.1. The topological polar surface area (TPSA) is 29.2 Å². The number of nitrogens with zero attached hydrogens (tertiary/aromatic N) is 5. The van der Waals surface area contributed by atoms with Gasteiger partial charge in [-0.3, -0.25) is 9.47 Å². The number of benzene rings is 2. The number of hydrogen-bond donors (Lipinski definition) is 0. The largest absolute Gasteiger partial charge is 0.369 e. The van der Waals surface area contributed by atoms with Crippen molar-refractivity contribution in [3.8, 4) is 5.69 Å². The Balaban J connectivity index is 1.43. The normalized spacial score (nSPS) is 15.3. The number of para-hydroxylation sites is 1. The van der Waals surface area contributed by atoms with Gasteiger partial charge in [0.2, 0.25) is 4.77 Å². The third kappa shape index (κ3) is 3.79. The van der Waals surface area contributed by atoms with Gasteiger partial charge in [0.15, 0.2) is 0 Å². The Morgan fingerprint density at radius 3 is 2.56 bits per heavy atom. The highest BCUT2D eigenvalue weighted by atomic mass is 32.1. The van der Waals surface area contributed by atoms with Crippen LogP contribution in [0.3, 0.4) is 0 Å². The van der Waals surface area contributed by atoms with Crippen molar-refractivity contribution in [2.75, 3.05) is 31.1 Å². The van der Waals surface area contributed by atoms with Crippen LogP contribution in [0.2, 0.25) is 0 Å². The molecule has 0 unspecified atom stereocenters. The van der Waals surface area contributed by atoms with Gasteiger partial charge in [-0.1, -0.05) is 24.3 Å². The molecule has 2 heterocycles. The van der Waals surface area contributed by atoms with Gasteiger partial charge in [-0.05, 0) is 49.0 Å². The lowest BCUT2D eigenvalue weighted by Gasteiger charge is -2.36. The van der Waals surface area contributed by atoms with Crippen molar-refractivity contribution < 1.29 is 4.39 Å². The van der Waals surface area contributed by atoms with Gasteiger partial charge < -0.3 is 4.90 Å². The first-order valence-electron chi connectivity index (χ1n) is 9.05. The lowest BCUT2D eigenvalue weighted by Crippen LogP contribution is -2.47.